The lowest BCUT2D eigenvalue weighted by atomic mass is 10.3. The SMILES string of the molecule is CC(=O)NCC(=O)Oc1ccccc1OC(=O)CNC(C)=O. The Hall–Kier alpha value is -2.90. The highest BCUT2D eigenvalue weighted by molar-refractivity contribution is 5.83. The van der Waals surface area contributed by atoms with E-state index in [0.717, 1.165) is 0 Å². The Morgan fingerprint density at radius 2 is 1.18 bits per heavy atom. The first-order chi connectivity index (χ1) is 10.4. The Kier molecular flexibility index (Phi) is 6.55. The molecule has 8 heteroatoms. The van der Waals surface area contributed by atoms with Crippen LogP contribution < -0.4 is 20.1 Å². The molecular formula is C14H16N2O6. The molecule has 1 aromatic rings. The van der Waals surface area contributed by atoms with E-state index in [0.29, 0.717) is 0 Å². The normalized spacial score (nSPS) is 9.55. The summed E-state index contributed by atoms with van der Waals surface area (Å²) < 4.78 is 10.0. The Morgan fingerprint density at radius 3 is 1.50 bits per heavy atom. The number of para-hydroxylation sites is 2. The molecule has 0 aromatic heterocycles. The molecule has 0 aliphatic rings. The van der Waals surface area contributed by atoms with Gasteiger partial charge >= 0.3 is 11.9 Å². The van der Waals surface area contributed by atoms with Gasteiger partial charge in [-0.3, -0.25) is 9.59 Å². The first-order valence-electron chi connectivity index (χ1n) is 6.37. The second-order valence-electron chi connectivity index (χ2n) is 4.21. The standard InChI is InChI=1S/C14H16N2O6/c1-9(17)15-7-13(19)21-11-5-3-4-6-12(11)22-14(20)8-16-10(2)18/h3-6H,7-8H2,1-2H3,(H,15,17)(H,16,18). The first kappa shape index (κ1) is 17.2. The molecule has 1 rings (SSSR count). The highest BCUT2D eigenvalue weighted by Gasteiger charge is 2.13. The van der Waals surface area contributed by atoms with E-state index in [4.69, 9.17) is 9.47 Å². The number of ether oxygens (including phenoxy) is 2. The lowest BCUT2D eigenvalue weighted by Gasteiger charge is -2.10. The molecule has 8 nitrogen and oxygen atoms in total. The van der Waals surface area contributed by atoms with Crippen LogP contribution in [0.1, 0.15) is 13.8 Å². The van der Waals surface area contributed by atoms with Crippen molar-refractivity contribution in [1.82, 2.24) is 10.6 Å². The fourth-order valence-corrected chi connectivity index (χ4v) is 1.33. The van der Waals surface area contributed by atoms with Crippen LogP contribution in [0.5, 0.6) is 11.5 Å². The van der Waals surface area contributed by atoms with E-state index in [1.54, 1.807) is 12.1 Å². The zero-order chi connectivity index (χ0) is 16.5. The molecule has 2 amide bonds. The molecule has 22 heavy (non-hydrogen) atoms. The summed E-state index contributed by atoms with van der Waals surface area (Å²) in [4.78, 5) is 44.5. The summed E-state index contributed by atoms with van der Waals surface area (Å²) in [5, 5.41) is 4.58. The van der Waals surface area contributed by atoms with Crippen molar-refractivity contribution in [3.05, 3.63) is 24.3 Å². The van der Waals surface area contributed by atoms with Crippen molar-refractivity contribution < 1.29 is 28.7 Å². The van der Waals surface area contributed by atoms with E-state index in [-0.39, 0.29) is 36.4 Å². The van der Waals surface area contributed by atoms with Gasteiger partial charge in [-0.15, -0.1) is 0 Å². The van der Waals surface area contributed by atoms with E-state index < -0.39 is 11.9 Å². The largest absolute Gasteiger partial charge is 0.421 e. The number of hydrogen-bond acceptors (Lipinski definition) is 6. The minimum absolute atomic E-state index is 0.0361. The lowest BCUT2D eigenvalue weighted by molar-refractivity contribution is -0.137. The maximum atomic E-state index is 11.5. The summed E-state index contributed by atoms with van der Waals surface area (Å²) in [5.74, 6) is -2.08. The van der Waals surface area contributed by atoms with E-state index >= 15 is 0 Å². The second kappa shape index (κ2) is 8.40. The summed E-state index contributed by atoms with van der Waals surface area (Å²) in [6.45, 7) is 1.93. The number of esters is 2. The van der Waals surface area contributed by atoms with Gasteiger partial charge in [-0.2, -0.15) is 0 Å². The molecule has 2 N–H and O–H groups in total. The third-order valence-electron chi connectivity index (χ3n) is 2.26. The van der Waals surface area contributed by atoms with Crippen LogP contribution in [0.25, 0.3) is 0 Å². The smallest absolute Gasteiger partial charge is 0.330 e. The summed E-state index contributed by atoms with van der Waals surface area (Å²) >= 11 is 0. The molecule has 0 heterocycles. The minimum atomic E-state index is -0.708. The first-order valence-corrected chi connectivity index (χ1v) is 6.37. The van der Waals surface area contributed by atoms with Gasteiger partial charge in [0.15, 0.2) is 11.5 Å². The van der Waals surface area contributed by atoms with Gasteiger partial charge in [-0.25, -0.2) is 9.59 Å². The molecule has 0 aliphatic heterocycles. The minimum Gasteiger partial charge on any atom is -0.421 e. The topological polar surface area (TPSA) is 111 Å². The fourth-order valence-electron chi connectivity index (χ4n) is 1.33. The van der Waals surface area contributed by atoms with Gasteiger partial charge < -0.3 is 20.1 Å². The maximum absolute atomic E-state index is 11.5. The summed E-state index contributed by atoms with van der Waals surface area (Å²) in [7, 11) is 0. The van der Waals surface area contributed by atoms with Crippen LogP contribution in [-0.2, 0) is 19.2 Å². The van der Waals surface area contributed by atoms with Gasteiger partial charge in [0.2, 0.25) is 11.8 Å². The van der Waals surface area contributed by atoms with Crippen molar-refractivity contribution in [3.63, 3.8) is 0 Å². The summed E-state index contributed by atoms with van der Waals surface area (Å²) in [6.07, 6.45) is 0. The molecule has 0 spiro atoms. The van der Waals surface area contributed by atoms with Gasteiger partial charge in [0.25, 0.3) is 0 Å². The number of amides is 2. The number of benzene rings is 1. The Labute approximate surface area is 126 Å². The van der Waals surface area contributed by atoms with Gasteiger partial charge in [-0.05, 0) is 12.1 Å². The van der Waals surface area contributed by atoms with Crippen LogP contribution in [0.15, 0.2) is 24.3 Å². The molecule has 0 saturated carbocycles. The van der Waals surface area contributed by atoms with Crippen LogP contribution >= 0.6 is 0 Å². The quantitative estimate of drug-likeness (QED) is 0.555. The molecule has 0 fully saturated rings. The molecule has 0 aliphatic carbocycles. The average Bonchev–Trinajstić information content (AvgIpc) is 2.45. The van der Waals surface area contributed by atoms with Crippen LogP contribution in [0, 0.1) is 0 Å². The predicted molar refractivity (Wildman–Crippen MR) is 75.1 cm³/mol. The summed E-state index contributed by atoms with van der Waals surface area (Å²) in [6, 6.07) is 6.05. The molecule has 0 saturated heterocycles. The maximum Gasteiger partial charge on any atom is 0.330 e. The van der Waals surface area contributed by atoms with Gasteiger partial charge in [0.1, 0.15) is 13.1 Å². The van der Waals surface area contributed by atoms with Crippen molar-refractivity contribution in [2.75, 3.05) is 13.1 Å². The van der Waals surface area contributed by atoms with E-state index in [1.807, 2.05) is 0 Å². The molecule has 0 bridgehead atoms. The van der Waals surface area contributed by atoms with Crippen LogP contribution in [0.4, 0.5) is 0 Å². The molecule has 118 valence electrons. The van der Waals surface area contributed by atoms with E-state index in [9.17, 15) is 19.2 Å². The third kappa shape index (κ3) is 6.51. The Balaban J connectivity index is 2.65. The number of carbonyl (C=O) groups excluding carboxylic acids is 4. The van der Waals surface area contributed by atoms with Crippen LogP contribution in [-0.4, -0.2) is 36.8 Å². The molecule has 1 aromatic carbocycles. The van der Waals surface area contributed by atoms with Gasteiger partial charge in [-0.1, -0.05) is 12.1 Å². The highest BCUT2D eigenvalue weighted by atomic mass is 16.6. The van der Waals surface area contributed by atoms with Crippen molar-refractivity contribution in [2.45, 2.75) is 13.8 Å². The second-order valence-corrected chi connectivity index (χ2v) is 4.21. The van der Waals surface area contributed by atoms with Crippen molar-refractivity contribution in [3.8, 4) is 11.5 Å². The number of hydrogen-bond donors (Lipinski definition) is 2. The van der Waals surface area contributed by atoms with Gasteiger partial charge in [0, 0.05) is 13.8 Å². The fraction of sp³-hybridized carbons (Fsp3) is 0.286. The number of rotatable bonds is 6. The zero-order valence-corrected chi connectivity index (χ0v) is 12.2. The van der Waals surface area contributed by atoms with Crippen LogP contribution in [0.3, 0.4) is 0 Å². The van der Waals surface area contributed by atoms with E-state index in [2.05, 4.69) is 10.6 Å². The Bertz CT molecular complexity index is 533. The monoisotopic (exact) mass is 308 g/mol. The Morgan fingerprint density at radius 1 is 0.818 bits per heavy atom. The third-order valence-corrected chi connectivity index (χ3v) is 2.26. The van der Waals surface area contributed by atoms with E-state index in [1.165, 1.54) is 26.0 Å². The predicted octanol–water partition coefficient (Wildman–Crippen LogP) is -0.230. The van der Waals surface area contributed by atoms with Crippen LogP contribution in [0.2, 0.25) is 0 Å². The average molecular weight is 308 g/mol. The van der Waals surface area contributed by atoms with Crippen molar-refractivity contribution in [1.29, 1.82) is 0 Å². The lowest BCUT2D eigenvalue weighted by Crippen LogP contribution is -2.31. The molecule has 0 atom stereocenters. The van der Waals surface area contributed by atoms with Crippen molar-refractivity contribution in [2.24, 2.45) is 0 Å². The molecule has 0 radical (unpaired) electrons. The summed E-state index contributed by atoms with van der Waals surface area (Å²) in [5.41, 5.74) is 0. The molecular weight excluding hydrogens is 292 g/mol. The van der Waals surface area contributed by atoms with Gasteiger partial charge in [0.05, 0.1) is 0 Å². The number of carbonyl (C=O) groups is 4. The zero-order valence-electron chi connectivity index (χ0n) is 12.2. The number of nitrogens with one attached hydrogen (secondary N) is 2. The molecule has 0 unspecified atom stereocenters. The van der Waals surface area contributed by atoms with Crippen molar-refractivity contribution >= 4 is 23.8 Å². The highest BCUT2D eigenvalue weighted by Crippen LogP contribution is 2.26.